The average molecular weight is 405 g/mol. The maximum absolute atomic E-state index is 13.1. The molecule has 2 aliphatic heterocycles. The van der Waals surface area contributed by atoms with E-state index in [9.17, 15) is 9.59 Å². The first-order valence-corrected chi connectivity index (χ1v) is 10.7. The summed E-state index contributed by atoms with van der Waals surface area (Å²) in [6, 6.07) is 5.74. The Hall–Kier alpha value is -1.79. The molecule has 4 rings (SSSR count). The first-order valence-electron chi connectivity index (χ1n) is 10.3. The smallest absolute Gasteiger partial charge is 0.326 e. The molecule has 0 radical (unpaired) electrons. The molecule has 1 N–H and O–H groups in total. The molecule has 28 heavy (non-hydrogen) atoms. The van der Waals surface area contributed by atoms with Gasteiger partial charge in [-0.2, -0.15) is 0 Å². The van der Waals surface area contributed by atoms with Crippen LogP contribution in [0.3, 0.4) is 0 Å². The number of aryl methyl sites for hydroxylation is 1. The van der Waals surface area contributed by atoms with Crippen LogP contribution in [0.1, 0.15) is 38.2 Å². The summed E-state index contributed by atoms with van der Waals surface area (Å²) in [5.74, 6) is 0.170. The molecule has 6 nitrogen and oxygen atoms in total. The topological polar surface area (TPSA) is 55.9 Å². The number of benzene rings is 1. The van der Waals surface area contributed by atoms with Crippen LogP contribution in [-0.2, 0) is 4.79 Å². The van der Waals surface area contributed by atoms with E-state index >= 15 is 0 Å². The van der Waals surface area contributed by atoms with Gasteiger partial charge in [-0.15, -0.1) is 0 Å². The Morgan fingerprint density at radius 3 is 2.64 bits per heavy atom. The molecule has 7 heteroatoms. The highest BCUT2D eigenvalue weighted by molar-refractivity contribution is 6.30. The zero-order valence-corrected chi connectivity index (χ0v) is 17.5. The van der Waals surface area contributed by atoms with Crippen molar-refractivity contribution in [3.63, 3.8) is 0 Å². The number of rotatable bonds is 3. The second-order valence-corrected chi connectivity index (χ2v) is 8.90. The summed E-state index contributed by atoms with van der Waals surface area (Å²) in [6.07, 6.45) is 3.90. The fourth-order valence-electron chi connectivity index (χ4n) is 4.88. The van der Waals surface area contributed by atoms with Crippen LogP contribution in [0.4, 0.5) is 10.5 Å². The number of carbonyl (C=O) groups is 2. The molecular formula is C21H29ClN4O2. The standard InChI is InChI=1S/C21H29ClN4O2/c1-15-6-7-17(22)13-18(15)25-11-9-24(10-12-25)14-26-19(27)21(23-20(26)28)8-4-3-5-16(21)2/h6-7,13,16H,3-5,8-12,14H2,1-2H3,(H,23,28)/t16-,21+/m1/s1. The quantitative estimate of drug-likeness (QED) is 0.786. The van der Waals surface area contributed by atoms with Gasteiger partial charge in [0.05, 0.1) is 6.67 Å². The number of anilines is 1. The summed E-state index contributed by atoms with van der Waals surface area (Å²) in [5, 5.41) is 3.79. The van der Waals surface area contributed by atoms with Crippen molar-refractivity contribution in [1.29, 1.82) is 0 Å². The number of hydrogen-bond acceptors (Lipinski definition) is 4. The van der Waals surface area contributed by atoms with Crippen LogP contribution < -0.4 is 10.2 Å². The Morgan fingerprint density at radius 2 is 1.93 bits per heavy atom. The number of nitrogens with one attached hydrogen (secondary N) is 1. The minimum absolute atomic E-state index is 0.0298. The van der Waals surface area contributed by atoms with Crippen molar-refractivity contribution in [1.82, 2.24) is 15.1 Å². The molecule has 2 heterocycles. The number of nitrogens with zero attached hydrogens (tertiary/aromatic N) is 3. The van der Waals surface area contributed by atoms with E-state index in [2.05, 4.69) is 29.0 Å². The van der Waals surface area contributed by atoms with E-state index < -0.39 is 5.54 Å². The van der Waals surface area contributed by atoms with Gasteiger partial charge < -0.3 is 10.2 Å². The van der Waals surface area contributed by atoms with Crippen molar-refractivity contribution in [2.45, 2.75) is 45.1 Å². The molecule has 3 aliphatic rings. The van der Waals surface area contributed by atoms with Gasteiger partial charge in [0.1, 0.15) is 5.54 Å². The maximum atomic E-state index is 13.1. The van der Waals surface area contributed by atoms with Gasteiger partial charge in [0.2, 0.25) is 0 Å². The van der Waals surface area contributed by atoms with Crippen LogP contribution in [0.2, 0.25) is 5.02 Å². The van der Waals surface area contributed by atoms with Crippen LogP contribution in [0.25, 0.3) is 0 Å². The summed E-state index contributed by atoms with van der Waals surface area (Å²) in [4.78, 5) is 31.7. The number of hydrogen-bond donors (Lipinski definition) is 1. The van der Waals surface area contributed by atoms with Crippen LogP contribution in [0.15, 0.2) is 18.2 Å². The van der Waals surface area contributed by atoms with Gasteiger partial charge in [-0.05, 0) is 43.4 Å². The first-order chi connectivity index (χ1) is 13.4. The minimum atomic E-state index is -0.672. The van der Waals surface area contributed by atoms with E-state index in [1.807, 2.05) is 18.2 Å². The van der Waals surface area contributed by atoms with E-state index in [0.717, 1.165) is 62.6 Å². The predicted octanol–water partition coefficient (Wildman–Crippen LogP) is 3.23. The number of imide groups is 1. The first kappa shape index (κ1) is 19.5. The molecule has 3 amide bonds. The molecule has 1 aromatic carbocycles. The number of halogens is 1. The van der Waals surface area contributed by atoms with Crippen molar-refractivity contribution < 1.29 is 9.59 Å². The lowest BCUT2D eigenvalue weighted by atomic mass is 9.73. The molecule has 0 bridgehead atoms. The molecular weight excluding hydrogens is 376 g/mol. The van der Waals surface area contributed by atoms with Crippen LogP contribution in [0, 0.1) is 12.8 Å². The molecule has 1 spiro atoms. The summed E-state index contributed by atoms with van der Waals surface area (Å²) in [7, 11) is 0. The van der Waals surface area contributed by atoms with E-state index in [0.29, 0.717) is 6.67 Å². The molecule has 3 fully saturated rings. The van der Waals surface area contributed by atoms with Gasteiger partial charge in [0.15, 0.2) is 0 Å². The average Bonchev–Trinajstić information content (AvgIpc) is 2.92. The van der Waals surface area contributed by atoms with Crippen molar-refractivity contribution >= 4 is 29.2 Å². The predicted molar refractivity (Wildman–Crippen MR) is 111 cm³/mol. The van der Waals surface area contributed by atoms with E-state index in [-0.39, 0.29) is 17.9 Å². The molecule has 0 aromatic heterocycles. The third-order valence-corrected chi connectivity index (χ3v) is 6.96. The number of carbonyl (C=O) groups excluding carboxylic acids is 2. The Morgan fingerprint density at radius 1 is 1.18 bits per heavy atom. The van der Waals surface area contributed by atoms with E-state index in [4.69, 9.17) is 11.6 Å². The third-order valence-electron chi connectivity index (χ3n) is 6.73. The van der Waals surface area contributed by atoms with Crippen LogP contribution >= 0.6 is 11.6 Å². The molecule has 1 aliphatic carbocycles. The normalized spacial score (nSPS) is 28.9. The molecule has 2 saturated heterocycles. The lowest BCUT2D eigenvalue weighted by Gasteiger charge is -2.39. The summed E-state index contributed by atoms with van der Waals surface area (Å²) in [6.45, 7) is 7.89. The van der Waals surface area contributed by atoms with Gasteiger partial charge in [-0.3, -0.25) is 9.69 Å². The highest BCUT2D eigenvalue weighted by atomic mass is 35.5. The monoisotopic (exact) mass is 404 g/mol. The number of piperazine rings is 1. The van der Waals surface area contributed by atoms with Crippen molar-refractivity contribution in [3.8, 4) is 0 Å². The van der Waals surface area contributed by atoms with Gasteiger partial charge in [-0.25, -0.2) is 9.69 Å². The SMILES string of the molecule is Cc1ccc(Cl)cc1N1CCN(CN2C(=O)N[C@]3(CCCC[C@H]3C)C2=O)CC1. The second-order valence-electron chi connectivity index (χ2n) is 8.46. The lowest BCUT2D eigenvalue weighted by Crippen LogP contribution is -2.55. The zero-order valence-electron chi connectivity index (χ0n) is 16.7. The molecule has 1 aromatic rings. The number of urea groups is 1. The summed E-state index contributed by atoms with van der Waals surface area (Å²) < 4.78 is 0. The maximum Gasteiger partial charge on any atom is 0.326 e. The molecule has 0 unspecified atom stereocenters. The largest absolute Gasteiger partial charge is 0.369 e. The summed E-state index contributed by atoms with van der Waals surface area (Å²) >= 11 is 6.17. The Bertz CT molecular complexity index is 778. The molecule has 152 valence electrons. The van der Waals surface area contributed by atoms with Crippen molar-refractivity contribution in [3.05, 3.63) is 28.8 Å². The van der Waals surface area contributed by atoms with Crippen molar-refractivity contribution in [2.24, 2.45) is 5.92 Å². The van der Waals surface area contributed by atoms with Crippen LogP contribution in [0.5, 0.6) is 0 Å². The fourth-order valence-corrected chi connectivity index (χ4v) is 5.04. The second kappa shape index (κ2) is 7.56. The highest BCUT2D eigenvalue weighted by Gasteiger charge is 2.55. The fraction of sp³-hybridized carbons (Fsp3) is 0.619. The molecule has 2 atom stereocenters. The van der Waals surface area contributed by atoms with Crippen molar-refractivity contribution in [2.75, 3.05) is 37.7 Å². The van der Waals surface area contributed by atoms with E-state index in [1.165, 1.54) is 10.5 Å². The highest BCUT2D eigenvalue weighted by Crippen LogP contribution is 2.38. The van der Waals surface area contributed by atoms with Crippen LogP contribution in [-0.4, -0.2) is 60.1 Å². The van der Waals surface area contributed by atoms with Gasteiger partial charge in [0, 0.05) is 36.9 Å². The Labute approximate surface area is 171 Å². The van der Waals surface area contributed by atoms with E-state index in [1.54, 1.807) is 0 Å². The minimum Gasteiger partial charge on any atom is -0.369 e. The van der Waals surface area contributed by atoms with Gasteiger partial charge in [-0.1, -0.05) is 37.4 Å². The Kier molecular flexibility index (Phi) is 5.27. The lowest BCUT2D eigenvalue weighted by molar-refractivity contribution is -0.135. The molecule has 1 saturated carbocycles. The van der Waals surface area contributed by atoms with Gasteiger partial charge in [0.25, 0.3) is 5.91 Å². The Balaban J connectivity index is 1.39. The van der Waals surface area contributed by atoms with Gasteiger partial charge >= 0.3 is 6.03 Å². The third kappa shape index (κ3) is 3.37. The summed E-state index contributed by atoms with van der Waals surface area (Å²) in [5.41, 5.74) is 1.70. The number of amides is 3. The zero-order chi connectivity index (χ0) is 19.9.